The van der Waals surface area contributed by atoms with Gasteiger partial charge in [0.25, 0.3) is 5.91 Å². The predicted octanol–water partition coefficient (Wildman–Crippen LogP) is 0.857. The van der Waals surface area contributed by atoms with E-state index in [9.17, 15) is 14.4 Å². The van der Waals surface area contributed by atoms with Crippen molar-refractivity contribution < 1.29 is 14.4 Å². The molecule has 1 fully saturated rings. The third-order valence-electron chi connectivity index (χ3n) is 3.24. The first-order valence-electron chi connectivity index (χ1n) is 7.09. The second-order valence-corrected chi connectivity index (χ2v) is 6.17. The summed E-state index contributed by atoms with van der Waals surface area (Å²) >= 11 is 1.39. The van der Waals surface area contributed by atoms with E-state index in [2.05, 4.69) is 10.9 Å². The minimum Gasteiger partial charge on any atom is -0.333 e. The van der Waals surface area contributed by atoms with E-state index in [1.54, 1.807) is 0 Å². The van der Waals surface area contributed by atoms with E-state index in [4.69, 9.17) is 0 Å². The molecule has 0 saturated carbocycles. The maximum absolute atomic E-state index is 11.7. The number of hydrazine groups is 1. The number of carbonyl (C=O) groups excluding carboxylic acids is 3. The lowest BCUT2D eigenvalue weighted by Gasteiger charge is -2.15. The summed E-state index contributed by atoms with van der Waals surface area (Å²) in [7, 11) is 0. The highest BCUT2D eigenvalue weighted by atomic mass is 32.2. The summed E-state index contributed by atoms with van der Waals surface area (Å²) in [5.74, 6) is -0.474. The van der Waals surface area contributed by atoms with Crippen LogP contribution in [0.5, 0.6) is 0 Å². The van der Waals surface area contributed by atoms with Gasteiger partial charge in [-0.05, 0) is 25.5 Å². The number of hydrogen-bond donors (Lipinski definition) is 2. The Kier molecular flexibility index (Phi) is 5.83. The predicted molar refractivity (Wildman–Crippen MR) is 84.0 cm³/mol. The molecule has 118 valence electrons. The molecule has 1 aromatic carbocycles. The number of hydrogen-bond acceptors (Lipinski definition) is 4. The van der Waals surface area contributed by atoms with Gasteiger partial charge >= 0.3 is 0 Å². The molecule has 0 spiro atoms. The Hall–Kier alpha value is -2.02. The van der Waals surface area contributed by atoms with Crippen molar-refractivity contribution in [3.63, 3.8) is 0 Å². The largest absolute Gasteiger partial charge is 0.333 e. The highest BCUT2D eigenvalue weighted by Crippen LogP contribution is 2.17. The lowest BCUT2D eigenvalue weighted by Crippen LogP contribution is -2.47. The fourth-order valence-electron chi connectivity index (χ4n) is 2.04. The summed E-state index contributed by atoms with van der Waals surface area (Å²) in [6, 6.07) is 7.86. The molecule has 1 heterocycles. The Morgan fingerprint density at radius 3 is 2.50 bits per heavy atom. The number of benzene rings is 1. The summed E-state index contributed by atoms with van der Waals surface area (Å²) in [4.78, 5) is 37.2. The molecule has 2 N–H and O–H groups in total. The van der Waals surface area contributed by atoms with E-state index in [1.165, 1.54) is 16.7 Å². The van der Waals surface area contributed by atoms with Crippen molar-refractivity contribution in [2.75, 3.05) is 18.8 Å². The van der Waals surface area contributed by atoms with Crippen LogP contribution in [0.15, 0.2) is 29.2 Å². The van der Waals surface area contributed by atoms with Gasteiger partial charge in [-0.2, -0.15) is 0 Å². The van der Waals surface area contributed by atoms with E-state index in [1.807, 2.05) is 31.2 Å². The molecule has 0 bridgehead atoms. The third kappa shape index (κ3) is 5.07. The monoisotopic (exact) mass is 321 g/mol. The van der Waals surface area contributed by atoms with Gasteiger partial charge in [-0.25, -0.2) is 0 Å². The minimum absolute atomic E-state index is 0.00970. The average molecular weight is 321 g/mol. The van der Waals surface area contributed by atoms with Gasteiger partial charge in [0.1, 0.15) is 6.54 Å². The lowest BCUT2D eigenvalue weighted by atomic mass is 10.2. The van der Waals surface area contributed by atoms with E-state index in [0.717, 1.165) is 16.9 Å². The van der Waals surface area contributed by atoms with Gasteiger partial charge in [-0.3, -0.25) is 25.2 Å². The SMILES string of the molecule is Cc1ccc(SCC(=O)NNC(=O)CN2CCCC2=O)cc1. The Morgan fingerprint density at radius 1 is 1.18 bits per heavy atom. The summed E-state index contributed by atoms with van der Waals surface area (Å²) in [6.45, 7) is 2.59. The first kappa shape index (κ1) is 16.4. The van der Waals surface area contributed by atoms with Crippen LogP contribution in [-0.4, -0.2) is 41.5 Å². The maximum atomic E-state index is 11.7. The molecule has 0 aromatic heterocycles. The zero-order valence-corrected chi connectivity index (χ0v) is 13.2. The summed E-state index contributed by atoms with van der Waals surface area (Å²) in [5, 5.41) is 0. The van der Waals surface area contributed by atoms with Gasteiger partial charge in [-0.1, -0.05) is 17.7 Å². The van der Waals surface area contributed by atoms with E-state index >= 15 is 0 Å². The van der Waals surface area contributed by atoms with Crippen LogP contribution in [0.1, 0.15) is 18.4 Å². The Morgan fingerprint density at radius 2 is 1.86 bits per heavy atom. The quantitative estimate of drug-likeness (QED) is 0.623. The molecule has 7 heteroatoms. The molecule has 3 amide bonds. The molecular formula is C15H19N3O3S. The number of aryl methyl sites for hydroxylation is 1. The first-order chi connectivity index (χ1) is 10.5. The summed E-state index contributed by atoms with van der Waals surface area (Å²) < 4.78 is 0. The zero-order chi connectivity index (χ0) is 15.9. The molecule has 0 unspecified atom stereocenters. The first-order valence-corrected chi connectivity index (χ1v) is 8.08. The highest BCUT2D eigenvalue weighted by molar-refractivity contribution is 8.00. The summed E-state index contributed by atoms with van der Waals surface area (Å²) in [6.07, 6.45) is 1.28. The molecule has 0 atom stereocenters. The van der Waals surface area contributed by atoms with E-state index in [-0.39, 0.29) is 30.0 Å². The van der Waals surface area contributed by atoms with Crippen LogP contribution in [-0.2, 0) is 14.4 Å². The molecule has 1 aliphatic rings. The van der Waals surface area contributed by atoms with Gasteiger partial charge < -0.3 is 4.90 Å². The molecule has 1 aromatic rings. The van der Waals surface area contributed by atoms with Crippen molar-refractivity contribution in [3.05, 3.63) is 29.8 Å². The van der Waals surface area contributed by atoms with Crippen LogP contribution in [0, 0.1) is 6.92 Å². The van der Waals surface area contributed by atoms with Gasteiger partial charge in [0, 0.05) is 17.9 Å². The number of amides is 3. The van der Waals surface area contributed by atoms with Gasteiger partial charge in [0.2, 0.25) is 11.8 Å². The number of rotatable bonds is 5. The van der Waals surface area contributed by atoms with Crippen molar-refractivity contribution in [1.82, 2.24) is 15.8 Å². The van der Waals surface area contributed by atoms with Crippen LogP contribution in [0.2, 0.25) is 0 Å². The standard InChI is InChI=1S/C15H19N3O3S/c1-11-4-6-12(7-5-11)22-10-14(20)17-16-13(19)9-18-8-2-3-15(18)21/h4-7H,2-3,8-10H2,1H3,(H,16,19)(H,17,20). The minimum atomic E-state index is -0.385. The van der Waals surface area contributed by atoms with Gasteiger partial charge in [0.05, 0.1) is 5.75 Å². The zero-order valence-electron chi connectivity index (χ0n) is 12.4. The summed E-state index contributed by atoms with van der Waals surface area (Å²) in [5.41, 5.74) is 5.85. The maximum Gasteiger partial charge on any atom is 0.257 e. The normalized spacial score (nSPS) is 14.0. The Bertz CT molecular complexity index is 560. The topological polar surface area (TPSA) is 78.5 Å². The fraction of sp³-hybridized carbons (Fsp3) is 0.400. The third-order valence-corrected chi connectivity index (χ3v) is 4.25. The molecule has 1 saturated heterocycles. The second-order valence-electron chi connectivity index (χ2n) is 5.12. The molecule has 0 aliphatic carbocycles. The van der Waals surface area contributed by atoms with Crippen LogP contribution < -0.4 is 10.9 Å². The average Bonchev–Trinajstić information content (AvgIpc) is 2.90. The molecule has 22 heavy (non-hydrogen) atoms. The van der Waals surface area contributed by atoms with Gasteiger partial charge in [-0.15, -0.1) is 11.8 Å². The van der Waals surface area contributed by atoms with Gasteiger partial charge in [0.15, 0.2) is 0 Å². The number of thioether (sulfide) groups is 1. The highest BCUT2D eigenvalue weighted by Gasteiger charge is 2.22. The number of nitrogens with one attached hydrogen (secondary N) is 2. The molecule has 2 rings (SSSR count). The van der Waals surface area contributed by atoms with Crippen molar-refractivity contribution in [2.24, 2.45) is 0 Å². The lowest BCUT2D eigenvalue weighted by molar-refractivity contribution is -0.134. The van der Waals surface area contributed by atoms with E-state index < -0.39 is 0 Å². The number of likely N-dealkylation sites (tertiary alicyclic amines) is 1. The molecule has 0 radical (unpaired) electrons. The van der Waals surface area contributed by atoms with E-state index in [0.29, 0.717) is 13.0 Å². The molecule has 1 aliphatic heterocycles. The molecule has 6 nitrogen and oxygen atoms in total. The fourth-order valence-corrected chi connectivity index (χ4v) is 2.74. The number of carbonyl (C=O) groups is 3. The van der Waals surface area contributed by atoms with Crippen molar-refractivity contribution in [1.29, 1.82) is 0 Å². The Labute approximate surface area is 133 Å². The van der Waals surface area contributed by atoms with Crippen molar-refractivity contribution >= 4 is 29.5 Å². The van der Waals surface area contributed by atoms with Crippen LogP contribution in [0.3, 0.4) is 0 Å². The smallest absolute Gasteiger partial charge is 0.257 e. The van der Waals surface area contributed by atoms with Crippen molar-refractivity contribution in [2.45, 2.75) is 24.7 Å². The Balaban J connectivity index is 1.65. The second kappa shape index (κ2) is 7.84. The van der Waals surface area contributed by atoms with Crippen molar-refractivity contribution in [3.8, 4) is 0 Å². The molecular weight excluding hydrogens is 302 g/mol. The van der Waals surface area contributed by atoms with Crippen LogP contribution >= 0.6 is 11.8 Å². The van der Waals surface area contributed by atoms with Crippen LogP contribution in [0.25, 0.3) is 0 Å². The number of nitrogens with zero attached hydrogens (tertiary/aromatic N) is 1. The van der Waals surface area contributed by atoms with Crippen LogP contribution in [0.4, 0.5) is 0 Å².